The van der Waals surface area contributed by atoms with Gasteiger partial charge in [0.1, 0.15) is 0 Å². The maximum Gasteiger partial charge on any atom is 0.272 e. The lowest BCUT2D eigenvalue weighted by molar-refractivity contribution is 0.0945. The molecule has 2 saturated heterocycles. The van der Waals surface area contributed by atoms with Gasteiger partial charge in [-0.15, -0.1) is 10.2 Å². The second-order valence-electron chi connectivity index (χ2n) is 8.71. The molecule has 4 rings (SSSR count). The molecular formula is C23H34N6O. The number of amides is 1. The summed E-state index contributed by atoms with van der Waals surface area (Å²) >= 11 is 0. The fourth-order valence-electron chi connectivity index (χ4n) is 4.54. The van der Waals surface area contributed by atoms with Crippen LogP contribution in [0.1, 0.15) is 43.1 Å². The van der Waals surface area contributed by atoms with Gasteiger partial charge in [0.05, 0.1) is 0 Å². The van der Waals surface area contributed by atoms with Crippen LogP contribution in [0.3, 0.4) is 0 Å². The number of aromatic nitrogens is 2. The van der Waals surface area contributed by atoms with Crippen LogP contribution < -0.4 is 10.2 Å². The van der Waals surface area contributed by atoms with Gasteiger partial charge >= 0.3 is 0 Å². The van der Waals surface area contributed by atoms with Crippen LogP contribution >= 0.6 is 0 Å². The quantitative estimate of drug-likeness (QED) is 0.738. The molecule has 2 aliphatic heterocycles. The van der Waals surface area contributed by atoms with Crippen molar-refractivity contribution in [2.75, 3.05) is 57.8 Å². The number of rotatable bonds is 6. The van der Waals surface area contributed by atoms with Crippen LogP contribution in [-0.4, -0.2) is 84.8 Å². The average Bonchev–Trinajstić information content (AvgIpc) is 2.77. The molecule has 1 aromatic carbocycles. The minimum absolute atomic E-state index is 0.129. The predicted molar refractivity (Wildman–Crippen MR) is 121 cm³/mol. The molecular weight excluding hydrogens is 376 g/mol. The Morgan fingerprint density at radius 1 is 1.07 bits per heavy atom. The molecule has 0 radical (unpaired) electrons. The summed E-state index contributed by atoms with van der Waals surface area (Å²) in [5.74, 6) is 0.778. The van der Waals surface area contributed by atoms with Crippen LogP contribution in [0.4, 0.5) is 5.82 Å². The Bertz CT molecular complexity index is 864. The topological polar surface area (TPSA) is 64.6 Å². The Morgan fingerprint density at radius 2 is 1.83 bits per heavy atom. The van der Waals surface area contributed by atoms with Crippen molar-refractivity contribution in [1.29, 1.82) is 0 Å². The van der Waals surface area contributed by atoms with E-state index in [0.29, 0.717) is 18.3 Å². The first kappa shape index (κ1) is 21.0. The van der Waals surface area contributed by atoms with Gasteiger partial charge in [-0.25, -0.2) is 0 Å². The van der Waals surface area contributed by atoms with Crippen molar-refractivity contribution < 1.29 is 4.79 Å². The third-order valence-electron chi connectivity index (χ3n) is 6.49. The highest BCUT2D eigenvalue weighted by atomic mass is 16.1. The maximum atomic E-state index is 12.9. The first-order chi connectivity index (χ1) is 14.6. The molecule has 1 amide bonds. The Kier molecular flexibility index (Phi) is 6.79. The molecule has 7 heteroatoms. The molecule has 0 aliphatic carbocycles. The van der Waals surface area contributed by atoms with Crippen LogP contribution in [0.15, 0.2) is 24.3 Å². The molecule has 7 nitrogen and oxygen atoms in total. The van der Waals surface area contributed by atoms with E-state index in [9.17, 15) is 4.79 Å². The van der Waals surface area contributed by atoms with E-state index < -0.39 is 0 Å². The van der Waals surface area contributed by atoms with E-state index in [-0.39, 0.29) is 5.91 Å². The minimum Gasteiger partial charge on any atom is -0.352 e. The highest BCUT2D eigenvalue weighted by Gasteiger charge is 2.24. The number of anilines is 1. The van der Waals surface area contributed by atoms with Crippen LogP contribution in [0, 0.1) is 0 Å². The monoisotopic (exact) mass is 410 g/mol. The third-order valence-corrected chi connectivity index (χ3v) is 6.49. The number of piperazine rings is 1. The number of nitrogens with one attached hydrogen (secondary N) is 1. The van der Waals surface area contributed by atoms with Crippen LogP contribution in [-0.2, 0) is 0 Å². The summed E-state index contributed by atoms with van der Waals surface area (Å²) in [5.41, 5.74) is 0.429. The zero-order chi connectivity index (χ0) is 20.9. The van der Waals surface area contributed by atoms with Crippen LogP contribution in [0.2, 0.25) is 0 Å². The van der Waals surface area contributed by atoms with E-state index in [1.807, 2.05) is 18.2 Å². The van der Waals surface area contributed by atoms with Gasteiger partial charge in [-0.05, 0) is 46.2 Å². The summed E-state index contributed by atoms with van der Waals surface area (Å²) < 4.78 is 0. The lowest BCUT2D eigenvalue weighted by atomic mass is 10.0. The second-order valence-corrected chi connectivity index (χ2v) is 8.71. The van der Waals surface area contributed by atoms with Crippen LogP contribution in [0.25, 0.3) is 10.8 Å². The van der Waals surface area contributed by atoms with Gasteiger partial charge in [-0.1, -0.05) is 24.3 Å². The van der Waals surface area contributed by atoms with Gasteiger partial charge < -0.3 is 20.0 Å². The third kappa shape index (κ3) is 4.73. The Hall–Kier alpha value is -2.25. The molecule has 0 spiro atoms. The molecule has 1 N–H and O–H groups in total. The van der Waals surface area contributed by atoms with Crippen molar-refractivity contribution >= 4 is 22.5 Å². The Labute approximate surface area is 179 Å². The number of benzene rings is 1. The number of piperidine rings is 1. The molecule has 1 aromatic heterocycles. The number of carbonyl (C=O) groups excluding carboxylic acids is 1. The largest absolute Gasteiger partial charge is 0.352 e. The predicted octanol–water partition coefficient (Wildman–Crippen LogP) is 2.38. The van der Waals surface area contributed by atoms with Crippen molar-refractivity contribution in [3.8, 4) is 0 Å². The van der Waals surface area contributed by atoms with Crippen molar-refractivity contribution in [2.45, 2.75) is 38.6 Å². The molecule has 30 heavy (non-hydrogen) atoms. The van der Waals surface area contributed by atoms with Gasteiger partial charge in [-0.3, -0.25) is 4.79 Å². The van der Waals surface area contributed by atoms with Gasteiger partial charge in [0.25, 0.3) is 5.91 Å². The standard InChI is InChI=1S/C23H34N6O/c1-18-8-5-6-13-29(18)22-20-10-4-3-9-19(20)21(25-26-22)23(30)24-11-7-12-28-16-14-27(2)15-17-28/h3-4,9-10,18H,5-8,11-17H2,1-2H3,(H,24,30). The van der Waals surface area contributed by atoms with Crippen LogP contribution in [0.5, 0.6) is 0 Å². The highest BCUT2D eigenvalue weighted by Crippen LogP contribution is 2.30. The molecule has 3 heterocycles. The Balaban J connectivity index is 1.41. The zero-order valence-electron chi connectivity index (χ0n) is 18.3. The van der Waals surface area contributed by atoms with E-state index in [1.54, 1.807) is 0 Å². The number of hydrogen-bond acceptors (Lipinski definition) is 6. The van der Waals surface area contributed by atoms with E-state index in [4.69, 9.17) is 0 Å². The van der Waals surface area contributed by atoms with E-state index in [0.717, 1.165) is 62.3 Å². The molecule has 0 saturated carbocycles. The van der Waals surface area contributed by atoms with E-state index in [1.165, 1.54) is 19.3 Å². The average molecular weight is 411 g/mol. The second kappa shape index (κ2) is 9.71. The van der Waals surface area contributed by atoms with Crippen molar-refractivity contribution in [1.82, 2.24) is 25.3 Å². The first-order valence-corrected chi connectivity index (χ1v) is 11.3. The zero-order valence-corrected chi connectivity index (χ0v) is 18.3. The van der Waals surface area contributed by atoms with E-state index >= 15 is 0 Å². The number of fused-ring (bicyclic) bond motifs is 1. The van der Waals surface area contributed by atoms with Gasteiger partial charge in [0, 0.05) is 56.1 Å². The number of carbonyl (C=O) groups is 1. The highest BCUT2D eigenvalue weighted by molar-refractivity contribution is 6.07. The molecule has 1 atom stereocenters. The molecule has 2 aliphatic rings. The fourth-order valence-corrected chi connectivity index (χ4v) is 4.54. The first-order valence-electron chi connectivity index (χ1n) is 11.3. The summed E-state index contributed by atoms with van der Waals surface area (Å²) in [6.45, 7) is 9.38. The van der Waals surface area contributed by atoms with E-state index in [2.05, 4.69) is 50.3 Å². The van der Waals surface area contributed by atoms with Crippen molar-refractivity contribution in [2.24, 2.45) is 0 Å². The summed E-state index contributed by atoms with van der Waals surface area (Å²) in [6.07, 6.45) is 4.56. The van der Waals surface area contributed by atoms with Crippen molar-refractivity contribution in [3.63, 3.8) is 0 Å². The summed E-state index contributed by atoms with van der Waals surface area (Å²) in [5, 5.41) is 13.8. The lowest BCUT2D eigenvalue weighted by Gasteiger charge is -2.34. The molecule has 1 unspecified atom stereocenters. The molecule has 0 bridgehead atoms. The normalized spacial score (nSPS) is 21.1. The summed E-state index contributed by atoms with van der Waals surface area (Å²) in [6, 6.07) is 8.48. The number of nitrogens with zero attached hydrogens (tertiary/aromatic N) is 5. The Morgan fingerprint density at radius 3 is 2.60 bits per heavy atom. The SMILES string of the molecule is CC1CCCCN1c1nnc(C(=O)NCCCN2CCN(C)CC2)c2ccccc12. The molecule has 2 fully saturated rings. The minimum atomic E-state index is -0.129. The maximum absolute atomic E-state index is 12.9. The molecule has 2 aromatic rings. The number of hydrogen-bond donors (Lipinski definition) is 1. The van der Waals surface area contributed by atoms with Gasteiger partial charge in [0.2, 0.25) is 0 Å². The van der Waals surface area contributed by atoms with Gasteiger partial charge in [0.15, 0.2) is 11.5 Å². The lowest BCUT2D eigenvalue weighted by Crippen LogP contribution is -2.45. The smallest absolute Gasteiger partial charge is 0.272 e. The summed E-state index contributed by atoms with van der Waals surface area (Å²) in [7, 11) is 2.17. The fraction of sp³-hybridized carbons (Fsp3) is 0.609. The van der Waals surface area contributed by atoms with Gasteiger partial charge in [-0.2, -0.15) is 0 Å². The number of likely N-dealkylation sites (N-methyl/N-ethyl adjacent to an activating group) is 1. The molecule has 162 valence electrons. The summed E-state index contributed by atoms with van der Waals surface area (Å²) in [4.78, 5) is 20.0. The van der Waals surface area contributed by atoms with Crippen molar-refractivity contribution in [3.05, 3.63) is 30.0 Å².